The molecule has 2 aromatic rings. The lowest BCUT2D eigenvalue weighted by molar-refractivity contribution is -0.146. The number of benzene rings is 2. The highest BCUT2D eigenvalue weighted by Gasteiger charge is 2.14. The lowest BCUT2D eigenvalue weighted by Gasteiger charge is -2.09. The van der Waals surface area contributed by atoms with E-state index < -0.39 is 12.1 Å². The van der Waals surface area contributed by atoms with Gasteiger partial charge in [-0.3, -0.25) is 0 Å². The molecule has 2 aromatic carbocycles. The number of aliphatic carboxylic acids is 1. The first-order valence-corrected chi connectivity index (χ1v) is 7.39. The molecule has 5 nitrogen and oxygen atoms in total. The number of hydrogen-bond donors (Lipinski definition) is 4. The molecule has 0 heterocycles. The first kappa shape index (κ1) is 18.8. The number of aliphatic hydroxyl groups excluding tert-OH is 2. The van der Waals surface area contributed by atoms with Crippen LogP contribution in [-0.2, 0) is 4.79 Å². The van der Waals surface area contributed by atoms with Gasteiger partial charge in [0.2, 0.25) is 0 Å². The summed E-state index contributed by atoms with van der Waals surface area (Å²) < 4.78 is 0. The predicted octanol–water partition coefficient (Wildman–Crippen LogP) is 2.13. The summed E-state index contributed by atoms with van der Waals surface area (Å²) in [5, 5.41) is 30.0. The van der Waals surface area contributed by atoms with Crippen molar-refractivity contribution in [1.82, 2.24) is 5.32 Å². The molecule has 23 heavy (non-hydrogen) atoms. The van der Waals surface area contributed by atoms with Crippen LogP contribution in [0.4, 0.5) is 0 Å². The van der Waals surface area contributed by atoms with Crippen LogP contribution < -0.4 is 5.32 Å². The van der Waals surface area contributed by atoms with Crippen molar-refractivity contribution >= 4 is 5.97 Å². The van der Waals surface area contributed by atoms with Gasteiger partial charge in [-0.2, -0.15) is 0 Å². The molecule has 0 spiro atoms. The van der Waals surface area contributed by atoms with Crippen LogP contribution in [0.5, 0.6) is 0 Å². The van der Waals surface area contributed by atoms with E-state index in [9.17, 15) is 9.90 Å². The van der Waals surface area contributed by atoms with Gasteiger partial charge in [-0.15, -0.1) is 0 Å². The summed E-state index contributed by atoms with van der Waals surface area (Å²) in [7, 11) is 1.89. The van der Waals surface area contributed by atoms with Crippen LogP contribution in [0.1, 0.15) is 29.8 Å². The molecule has 2 rings (SSSR count). The molecule has 0 aromatic heterocycles. The highest BCUT2D eigenvalue weighted by molar-refractivity contribution is 5.73. The molecule has 0 aliphatic carbocycles. The summed E-state index contributed by atoms with van der Waals surface area (Å²) in [6.07, 6.45) is -0.976. The Morgan fingerprint density at radius 3 is 1.87 bits per heavy atom. The second-order valence-corrected chi connectivity index (χ2v) is 4.97. The van der Waals surface area contributed by atoms with Gasteiger partial charge < -0.3 is 20.6 Å². The molecular formula is C18H23NO4. The van der Waals surface area contributed by atoms with Crippen LogP contribution >= 0.6 is 0 Å². The summed E-state index contributed by atoms with van der Waals surface area (Å²) in [4.78, 5) is 10.2. The normalized spacial score (nSPS) is 12.7. The van der Waals surface area contributed by atoms with E-state index in [-0.39, 0.29) is 6.10 Å². The third-order valence-electron chi connectivity index (χ3n) is 3.20. The van der Waals surface area contributed by atoms with Gasteiger partial charge in [0.1, 0.15) is 0 Å². The minimum atomic E-state index is -1.41. The number of carbonyl (C=O) groups is 1. The second kappa shape index (κ2) is 10.5. The van der Waals surface area contributed by atoms with E-state index in [0.717, 1.165) is 18.5 Å². The van der Waals surface area contributed by atoms with Gasteiger partial charge in [0.25, 0.3) is 0 Å². The number of carboxylic acids is 1. The SMILES string of the molecule is CNCCC(O)c1ccccc1.O=C(O)C(O)c1ccccc1. The number of aliphatic hydroxyl groups is 2. The minimum absolute atomic E-state index is 0.335. The molecule has 2 atom stereocenters. The summed E-state index contributed by atoms with van der Waals surface area (Å²) in [5.74, 6) is -1.23. The summed E-state index contributed by atoms with van der Waals surface area (Å²) in [6, 6.07) is 18.0. The van der Waals surface area contributed by atoms with E-state index in [0.29, 0.717) is 5.56 Å². The lowest BCUT2D eigenvalue weighted by Crippen LogP contribution is -2.11. The zero-order valence-electron chi connectivity index (χ0n) is 13.1. The quantitative estimate of drug-likeness (QED) is 0.655. The van der Waals surface area contributed by atoms with Crippen molar-refractivity contribution in [3.63, 3.8) is 0 Å². The van der Waals surface area contributed by atoms with Crippen LogP contribution in [-0.4, -0.2) is 34.9 Å². The Morgan fingerprint density at radius 1 is 0.957 bits per heavy atom. The maximum absolute atomic E-state index is 10.2. The molecule has 0 bridgehead atoms. The van der Waals surface area contributed by atoms with Crippen molar-refractivity contribution in [1.29, 1.82) is 0 Å². The highest BCUT2D eigenvalue weighted by Crippen LogP contribution is 2.14. The zero-order valence-corrected chi connectivity index (χ0v) is 13.1. The molecule has 0 saturated carbocycles. The van der Waals surface area contributed by atoms with Crippen molar-refractivity contribution in [2.24, 2.45) is 0 Å². The fourth-order valence-corrected chi connectivity index (χ4v) is 1.90. The van der Waals surface area contributed by atoms with E-state index in [1.165, 1.54) is 0 Å². The van der Waals surface area contributed by atoms with Crippen molar-refractivity contribution in [3.05, 3.63) is 71.8 Å². The van der Waals surface area contributed by atoms with Crippen LogP contribution in [0, 0.1) is 0 Å². The van der Waals surface area contributed by atoms with E-state index in [1.54, 1.807) is 30.3 Å². The fraction of sp³-hybridized carbons (Fsp3) is 0.278. The second-order valence-electron chi connectivity index (χ2n) is 4.97. The van der Waals surface area contributed by atoms with Crippen molar-refractivity contribution in [2.75, 3.05) is 13.6 Å². The number of nitrogens with one attached hydrogen (secondary N) is 1. The smallest absolute Gasteiger partial charge is 0.337 e. The minimum Gasteiger partial charge on any atom is -0.479 e. The zero-order chi connectivity index (χ0) is 17.1. The fourth-order valence-electron chi connectivity index (χ4n) is 1.90. The standard InChI is InChI=1S/C10H15NO.C8H8O3/c1-11-8-7-10(12)9-5-3-2-4-6-9;9-7(8(10)11)6-4-2-1-3-5-6/h2-6,10-12H,7-8H2,1H3;1-5,7,9H,(H,10,11). The summed E-state index contributed by atoms with van der Waals surface area (Å²) in [5.41, 5.74) is 1.40. The molecule has 0 amide bonds. The van der Waals surface area contributed by atoms with Crippen LogP contribution in [0.15, 0.2) is 60.7 Å². The summed E-state index contributed by atoms with van der Waals surface area (Å²) in [6.45, 7) is 0.843. The molecule has 0 fully saturated rings. The molecule has 124 valence electrons. The van der Waals surface area contributed by atoms with Crippen LogP contribution in [0.3, 0.4) is 0 Å². The number of hydrogen-bond acceptors (Lipinski definition) is 4. The summed E-state index contributed by atoms with van der Waals surface area (Å²) >= 11 is 0. The number of rotatable bonds is 6. The molecule has 0 saturated heterocycles. The van der Waals surface area contributed by atoms with Crippen molar-refractivity contribution in [3.8, 4) is 0 Å². The van der Waals surface area contributed by atoms with Gasteiger partial charge in [0.05, 0.1) is 6.10 Å². The van der Waals surface area contributed by atoms with E-state index in [4.69, 9.17) is 10.2 Å². The average molecular weight is 317 g/mol. The molecule has 5 heteroatoms. The predicted molar refractivity (Wildman–Crippen MR) is 89.0 cm³/mol. The Hall–Kier alpha value is -2.21. The van der Waals surface area contributed by atoms with Gasteiger partial charge >= 0.3 is 5.97 Å². The van der Waals surface area contributed by atoms with Crippen molar-refractivity contribution < 1.29 is 20.1 Å². The molecule has 2 unspecified atom stereocenters. The van der Waals surface area contributed by atoms with E-state index in [1.807, 2.05) is 37.4 Å². The Kier molecular flexibility index (Phi) is 8.60. The topological polar surface area (TPSA) is 89.8 Å². The van der Waals surface area contributed by atoms with Gasteiger partial charge in [0.15, 0.2) is 6.10 Å². The third kappa shape index (κ3) is 7.06. The maximum Gasteiger partial charge on any atom is 0.337 e. The number of carboxylic acid groups (broad SMARTS) is 1. The molecule has 0 radical (unpaired) electrons. The van der Waals surface area contributed by atoms with E-state index in [2.05, 4.69) is 5.32 Å². The van der Waals surface area contributed by atoms with Gasteiger partial charge in [-0.25, -0.2) is 4.79 Å². The Morgan fingerprint density at radius 2 is 1.43 bits per heavy atom. The van der Waals surface area contributed by atoms with E-state index >= 15 is 0 Å². The molecule has 0 aliphatic heterocycles. The Bertz CT molecular complexity index is 560. The third-order valence-corrected chi connectivity index (χ3v) is 3.20. The first-order valence-electron chi connectivity index (χ1n) is 7.39. The van der Waals surface area contributed by atoms with Crippen LogP contribution in [0.25, 0.3) is 0 Å². The molecular weight excluding hydrogens is 294 g/mol. The maximum atomic E-state index is 10.2. The van der Waals surface area contributed by atoms with Crippen LogP contribution in [0.2, 0.25) is 0 Å². The monoisotopic (exact) mass is 317 g/mol. The Balaban J connectivity index is 0.000000231. The molecule has 0 aliphatic rings. The Labute approximate surface area is 136 Å². The largest absolute Gasteiger partial charge is 0.479 e. The van der Waals surface area contributed by atoms with Gasteiger partial charge in [-0.1, -0.05) is 60.7 Å². The first-order chi connectivity index (χ1) is 11.1. The average Bonchev–Trinajstić information content (AvgIpc) is 2.61. The highest BCUT2D eigenvalue weighted by atomic mass is 16.4. The lowest BCUT2D eigenvalue weighted by atomic mass is 10.1. The van der Waals surface area contributed by atoms with Crippen molar-refractivity contribution in [2.45, 2.75) is 18.6 Å². The van der Waals surface area contributed by atoms with Gasteiger partial charge in [0, 0.05) is 0 Å². The molecule has 4 N–H and O–H groups in total. The van der Waals surface area contributed by atoms with Gasteiger partial charge in [-0.05, 0) is 31.1 Å².